The molecule has 1 N–H and O–H groups in total. The minimum atomic E-state index is -0.267. The number of hydrogen-bond acceptors (Lipinski definition) is 3. The molecular weight excluding hydrogens is 313 g/mol. The summed E-state index contributed by atoms with van der Waals surface area (Å²) in [4.78, 5) is 19.3. The SMILES string of the molecule is CCc1cnc(CN(C)C(=O)Nc2ccc(C3CC3)c(F)c2)s1. The van der Waals surface area contributed by atoms with Crippen molar-refractivity contribution in [2.45, 2.75) is 38.6 Å². The monoisotopic (exact) mass is 333 g/mol. The fourth-order valence-corrected chi connectivity index (χ4v) is 3.32. The first-order chi connectivity index (χ1) is 11.1. The number of thiazole rings is 1. The van der Waals surface area contributed by atoms with E-state index in [1.807, 2.05) is 6.20 Å². The predicted octanol–water partition coefficient (Wildman–Crippen LogP) is 4.39. The van der Waals surface area contributed by atoms with Crippen molar-refractivity contribution < 1.29 is 9.18 Å². The molecule has 0 unspecified atom stereocenters. The van der Waals surface area contributed by atoms with Crippen molar-refractivity contribution in [3.05, 3.63) is 45.7 Å². The first kappa shape index (κ1) is 15.9. The number of nitrogens with zero attached hydrogens (tertiary/aromatic N) is 2. The maximum absolute atomic E-state index is 14.0. The third-order valence-corrected chi connectivity index (χ3v) is 5.06. The molecule has 1 aliphatic carbocycles. The van der Waals surface area contributed by atoms with Gasteiger partial charge in [0, 0.05) is 23.8 Å². The Morgan fingerprint density at radius 1 is 1.48 bits per heavy atom. The van der Waals surface area contributed by atoms with E-state index in [9.17, 15) is 9.18 Å². The highest BCUT2D eigenvalue weighted by atomic mass is 32.1. The Morgan fingerprint density at radius 2 is 2.26 bits per heavy atom. The van der Waals surface area contributed by atoms with Crippen LogP contribution in [-0.2, 0) is 13.0 Å². The van der Waals surface area contributed by atoms with Gasteiger partial charge in [-0.3, -0.25) is 0 Å². The van der Waals surface area contributed by atoms with E-state index in [2.05, 4.69) is 17.2 Å². The number of rotatable bonds is 5. The van der Waals surface area contributed by atoms with Gasteiger partial charge in [0.2, 0.25) is 0 Å². The number of aryl methyl sites for hydroxylation is 1. The van der Waals surface area contributed by atoms with Gasteiger partial charge in [0.1, 0.15) is 10.8 Å². The molecule has 0 radical (unpaired) electrons. The van der Waals surface area contributed by atoms with Gasteiger partial charge in [-0.2, -0.15) is 0 Å². The summed E-state index contributed by atoms with van der Waals surface area (Å²) >= 11 is 1.61. The second-order valence-electron chi connectivity index (χ2n) is 5.87. The van der Waals surface area contributed by atoms with Crippen LogP contribution in [0.5, 0.6) is 0 Å². The van der Waals surface area contributed by atoms with Gasteiger partial charge in [0.25, 0.3) is 0 Å². The lowest BCUT2D eigenvalue weighted by molar-refractivity contribution is 0.220. The minimum absolute atomic E-state index is 0.236. The van der Waals surface area contributed by atoms with Crippen molar-refractivity contribution in [2.75, 3.05) is 12.4 Å². The number of anilines is 1. The van der Waals surface area contributed by atoms with Gasteiger partial charge in [0.05, 0.1) is 6.54 Å². The highest BCUT2D eigenvalue weighted by Crippen LogP contribution is 2.41. The van der Waals surface area contributed by atoms with Gasteiger partial charge in [-0.05, 0) is 42.9 Å². The van der Waals surface area contributed by atoms with Crippen molar-refractivity contribution in [1.82, 2.24) is 9.88 Å². The number of amides is 2. The normalized spacial score (nSPS) is 13.9. The molecule has 1 aromatic carbocycles. The quantitative estimate of drug-likeness (QED) is 0.882. The van der Waals surface area contributed by atoms with E-state index >= 15 is 0 Å². The van der Waals surface area contributed by atoms with Crippen molar-refractivity contribution in [3.8, 4) is 0 Å². The first-order valence-corrected chi connectivity index (χ1v) is 8.63. The van der Waals surface area contributed by atoms with Gasteiger partial charge < -0.3 is 10.2 Å². The Morgan fingerprint density at radius 3 is 2.87 bits per heavy atom. The van der Waals surface area contributed by atoms with E-state index in [0.29, 0.717) is 18.2 Å². The maximum atomic E-state index is 14.0. The molecule has 3 rings (SSSR count). The summed E-state index contributed by atoms with van der Waals surface area (Å²) in [5.74, 6) is 0.126. The standard InChI is InChI=1S/C17H20FN3OS/c1-3-13-9-19-16(23-13)10-21(2)17(22)20-12-6-7-14(11-4-5-11)15(18)8-12/h6-9,11H,3-5,10H2,1-2H3,(H,20,22). The summed E-state index contributed by atoms with van der Waals surface area (Å²) in [5.41, 5.74) is 1.24. The van der Waals surface area contributed by atoms with Crippen LogP contribution < -0.4 is 5.32 Å². The number of carbonyl (C=O) groups excluding carboxylic acids is 1. The molecule has 4 nitrogen and oxygen atoms in total. The maximum Gasteiger partial charge on any atom is 0.321 e. The molecule has 0 spiro atoms. The van der Waals surface area contributed by atoms with Gasteiger partial charge in [-0.25, -0.2) is 14.2 Å². The molecule has 0 atom stereocenters. The molecule has 122 valence electrons. The van der Waals surface area contributed by atoms with Crippen LogP contribution in [0.3, 0.4) is 0 Å². The zero-order chi connectivity index (χ0) is 16.4. The fraction of sp³-hybridized carbons (Fsp3) is 0.412. The summed E-state index contributed by atoms with van der Waals surface area (Å²) in [7, 11) is 1.71. The van der Waals surface area contributed by atoms with Crippen LogP contribution in [0.2, 0.25) is 0 Å². The Hall–Kier alpha value is -1.95. The molecule has 1 aromatic heterocycles. The second-order valence-corrected chi connectivity index (χ2v) is 7.07. The highest BCUT2D eigenvalue weighted by molar-refractivity contribution is 7.11. The molecule has 1 aliphatic rings. The number of nitrogens with one attached hydrogen (secondary N) is 1. The van der Waals surface area contributed by atoms with Gasteiger partial charge in [-0.1, -0.05) is 13.0 Å². The fourth-order valence-electron chi connectivity index (χ4n) is 2.41. The third kappa shape index (κ3) is 3.88. The summed E-state index contributed by atoms with van der Waals surface area (Å²) in [6, 6.07) is 4.67. The van der Waals surface area contributed by atoms with Gasteiger partial charge in [-0.15, -0.1) is 11.3 Å². The number of carbonyl (C=O) groups is 1. The van der Waals surface area contributed by atoms with Gasteiger partial charge in [0.15, 0.2) is 0 Å². The molecular formula is C17H20FN3OS. The van der Waals surface area contributed by atoms with E-state index in [1.54, 1.807) is 35.4 Å². The molecule has 23 heavy (non-hydrogen) atoms. The van der Waals surface area contributed by atoms with E-state index in [-0.39, 0.29) is 11.8 Å². The molecule has 1 fully saturated rings. The third-order valence-electron chi connectivity index (χ3n) is 3.94. The average Bonchev–Trinajstić information content (AvgIpc) is 3.26. The van der Waals surface area contributed by atoms with E-state index in [1.165, 1.54) is 10.9 Å². The van der Waals surface area contributed by atoms with Crippen LogP contribution in [0.25, 0.3) is 0 Å². The van der Waals surface area contributed by atoms with Crippen LogP contribution in [0.15, 0.2) is 24.4 Å². The first-order valence-electron chi connectivity index (χ1n) is 7.82. The van der Waals surface area contributed by atoms with Crippen LogP contribution in [0, 0.1) is 5.82 Å². The number of urea groups is 1. The molecule has 0 saturated heterocycles. The summed E-state index contributed by atoms with van der Waals surface area (Å²) in [5, 5.41) is 3.63. The molecule has 2 amide bonds. The van der Waals surface area contributed by atoms with Crippen molar-refractivity contribution in [1.29, 1.82) is 0 Å². The topological polar surface area (TPSA) is 45.2 Å². The molecule has 1 saturated carbocycles. The van der Waals surface area contributed by atoms with Crippen LogP contribution in [0.4, 0.5) is 14.9 Å². The largest absolute Gasteiger partial charge is 0.321 e. The number of hydrogen-bond donors (Lipinski definition) is 1. The smallest absolute Gasteiger partial charge is 0.321 e. The minimum Gasteiger partial charge on any atom is -0.321 e. The zero-order valence-electron chi connectivity index (χ0n) is 13.3. The van der Waals surface area contributed by atoms with E-state index in [0.717, 1.165) is 29.8 Å². The molecule has 0 bridgehead atoms. The molecule has 0 aliphatic heterocycles. The van der Waals surface area contributed by atoms with Crippen LogP contribution >= 0.6 is 11.3 Å². The van der Waals surface area contributed by atoms with Crippen molar-refractivity contribution in [2.24, 2.45) is 0 Å². The molecule has 6 heteroatoms. The summed E-state index contributed by atoms with van der Waals surface area (Å²) in [6.45, 7) is 2.52. The molecule has 2 aromatic rings. The Kier molecular flexibility index (Phi) is 4.61. The number of halogens is 1. The van der Waals surface area contributed by atoms with Crippen LogP contribution in [0.1, 0.15) is 41.1 Å². The lowest BCUT2D eigenvalue weighted by atomic mass is 10.1. The molecule has 1 heterocycles. The number of aromatic nitrogens is 1. The average molecular weight is 333 g/mol. The predicted molar refractivity (Wildman–Crippen MR) is 90.4 cm³/mol. The second kappa shape index (κ2) is 6.66. The number of benzene rings is 1. The lowest BCUT2D eigenvalue weighted by Gasteiger charge is -2.17. The Balaban J connectivity index is 1.60. The van der Waals surface area contributed by atoms with Crippen LogP contribution in [-0.4, -0.2) is 23.0 Å². The van der Waals surface area contributed by atoms with Gasteiger partial charge >= 0.3 is 6.03 Å². The van der Waals surface area contributed by atoms with E-state index < -0.39 is 0 Å². The van der Waals surface area contributed by atoms with Crippen molar-refractivity contribution in [3.63, 3.8) is 0 Å². The zero-order valence-corrected chi connectivity index (χ0v) is 14.1. The summed E-state index contributed by atoms with van der Waals surface area (Å²) in [6.07, 6.45) is 4.90. The van der Waals surface area contributed by atoms with E-state index in [4.69, 9.17) is 0 Å². The lowest BCUT2D eigenvalue weighted by Crippen LogP contribution is -2.30. The Bertz CT molecular complexity index is 712. The Labute approximate surface area is 139 Å². The van der Waals surface area contributed by atoms with Crippen molar-refractivity contribution >= 4 is 23.1 Å². The summed E-state index contributed by atoms with van der Waals surface area (Å²) < 4.78 is 14.0. The highest BCUT2D eigenvalue weighted by Gasteiger charge is 2.26.